The first-order valence-electron chi connectivity index (χ1n) is 6.53. The number of halogens is 1. The van der Waals surface area contributed by atoms with Gasteiger partial charge in [-0.05, 0) is 36.2 Å². The number of anilines is 2. The van der Waals surface area contributed by atoms with Crippen LogP contribution in [0.3, 0.4) is 0 Å². The van der Waals surface area contributed by atoms with Crippen molar-refractivity contribution >= 4 is 27.7 Å². The molecule has 0 spiro atoms. The molecule has 0 radical (unpaired) electrons. The maximum Gasteiger partial charge on any atom is 0.224 e. The van der Waals surface area contributed by atoms with E-state index in [4.69, 9.17) is 4.52 Å². The van der Waals surface area contributed by atoms with Crippen LogP contribution in [0.2, 0.25) is 0 Å². The minimum Gasteiger partial charge on any atom is -0.365 e. The first-order valence-corrected chi connectivity index (χ1v) is 7.33. The summed E-state index contributed by atoms with van der Waals surface area (Å²) in [6.45, 7) is 7.40. The zero-order valence-electron chi connectivity index (χ0n) is 11.8. The Balaban J connectivity index is 2.08. The molecule has 2 aromatic rings. The molecular formula is C13H18BrN5O. The van der Waals surface area contributed by atoms with Gasteiger partial charge in [0.1, 0.15) is 11.6 Å². The molecule has 0 saturated heterocycles. The van der Waals surface area contributed by atoms with Gasteiger partial charge in [0.25, 0.3) is 0 Å². The molecule has 0 aliphatic heterocycles. The molecule has 7 heteroatoms. The summed E-state index contributed by atoms with van der Waals surface area (Å²) in [5.41, 5.74) is 1.95. The number of rotatable bonds is 6. The Labute approximate surface area is 126 Å². The number of hydrogen-bond donors (Lipinski definition) is 2. The Kier molecular flexibility index (Phi) is 4.94. The third kappa shape index (κ3) is 3.47. The van der Waals surface area contributed by atoms with Gasteiger partial charge in [0.2, 0.25) is 5.95 Å². The van der Waals surface area contributed by atoms with Gasteiger partial charge in [-0.2, -0.15) is 4.98 Å². The Hall–Kier alpha value is -1.63. The van der Waals surface area contributed by atoms with Gasteiger partial charge in [0, 0.05) is 24.8 Å². The van der Waals surface area contributed by atoms with E-state index in [1.165, 1.54) is 0 Å². The molecule has 0 aliphatic carbocycles. The van der Waals surface area contributed by atoms with Crippen molar-refractivity contribution in [3.05, 3.63) is 27.7 Å². The van der Waals surface area contributed by atoms with E-state index in [0.717, 1.165) is 40.3 Å². The number of nitrogens with one attached hydrogen (secondary N) is 2. The average Bonchev–Trinajstić information content (AvgIpc) is 2.76. The summed E-state index contributed by atoms with van der Waals surface area (Å²) in [5, 5.41) is 10.4. The highest BCUT2D eigenvalue weighted by molar-refractivity contribution is 9.10. The lowest BCUT2D eigenvalue weighted by Crippen LogP contribution is -2.08. The van der Waals surface area contributed by atoms with Crippen molar-refractivity contribution in [1.29, 1.82) is 0 Å². The second-order valence-corrected chi connectivity index (χ2v) is 5.33. The lowest BCUT2D eigenvalue weighted by Gasteiger charge is -2.09. The Bertz CT molecular complexity index is 565. The number of aryl methyl sites for hydroxylation is 2. The van der Waals surface area contributed by atoms with Crippen LogP contribution in [0.15, 0.2) is 15.2 Å². The quantitative estimate of drug-likeness (QED) is 0.841. The Morgan fingerprint density at radius 1 is 1.30 bits per heavy atom. The van der Waals surface area contributed by atoms with E-state index in [-0.39, 0.29) is 0 Å². The summed E-state index contributed by atoms with van der Waals surface area (Å²) in [7, 11) is 0. The van der Waals surface area contributed by atoms with E-state index in [2.05, 4.69) is 48.6 Å². The molecule has 2 heterocycles. The summed E-state index contributed by atoms with van der Waals surface area (Å²) in [6, 6.07) is 0. The highest BCUT2D eigenvalue weighted by atomic mass is 79.9. The van der Waals surface area contributed by atoms with Gasteiger partial charge in [-0.15, -0.1) is 0 Å². The van der Waals surface area contributed by atoms with E-state index in [1.807, 2.05) is 13.8 Å². The predicted octanol–water partition coefficient (Wildman–Crippen LogP) is 3.28. The van der Waals surface area contributed by atoms with Crippen molar-refractivity contribution in [2.24, 2.45) is 0 Å². The molecule has 2 N–H and O–H groups in total. The van der Waals surface area contributed by atoms with Crippen molar-refractivity contribution in [1.82, 2.24) is 15.1 Å². The van der Waals surface area contributed by atoms with Crippen LogP contribution in [0.1, 0.15) is 30.4 Å². The molecule has 2 rings (SSSR count). The second kappa shape index (κ2) is 6.69. The minimum absolute atomic E-state index is 0.615. The fourth-order valence-electron chi connectivity index (χ4n) is 1.74. The average molecular weight is 340 g/mol. The van der Waals surface area contributed by atoms with E-state index in [9.17, 15) is 0 Å². The SMILES string of the molecule is CCCNc1ncc(Br)c(NCc2c(C)noc2C)n1. The molecular weight excluding hydrogens is 322 g/mol. The Morgan fingerprint density at radius 3 is 2.75 bits per heavy atom. The summed E-state index contributed by atoms with van der Waals surface area (Å²) in [6.07, 6.45) is 2.77. The van der Waals surface area contributed by atoms with E-state index >= 15 is 0 Å². The maximum absolute atomic E-state index is 5.14. The molecule has 0 amide bonds. The van der Waals surface area contributed by atoms with Crippen LogP contribution in [0.25, 0.3) is 0 Å². The van der Waals surface area contributed by atoms with Gasteiger partial charge in [-0.25, -0.2) is 4.98 Å². The zero-order valence-corrected chi connectivity index (χ0v) is 13.4. The fraction of sp³-hybridized carbons (Fsp3) is 0.462. The standard InChI is InChI=1S/C13H18BrN5O/c1-4-5-15-13-17-7-11(14)12(18-13)16-6-10-8(2)19-20-9(10)3/h7H,4-6H2,1-3H3,(H2,15,16,17,18). The summed E-state index contributed by atoms with van der Waals surface area (Å²) in [4.78, 5) is 8.65. The van der Waals surface area contributed by atoms with Crippen molar-refractivity contribution in [3.8, 4) is 0 Å². The van der Waals surface area contributed by atoms with Gasteiger partial charge in [-0.3, -0.25) is 0 Å². The number of aromatic nitrogens is 3. The fourth-order valence-corrected chi connectivity index (χ4v) is 2.07. The third-order valence-electron chi connectivity index (χ3n) is 2.89. The molecule has 0 aromatic carbocycles. The van der Waals surface area contributed by atoms with Crippen molar-refractivity contribution in [2.45, 2.75) is 33.7 Å². The van der Waals surface area contributed by atoms with Crippen LogP contribution in [0.5, 0.6) is 0 Å². The molecule has 2 aromatic heterocycles. The van der Waals surface area contributed by atoms with Crippen LogP contribution < -0.4 is 10.6 Å². The highest BCUT2D eigenvalue weighted by Crippen LogP contribution is 2.22. The lowest BCUT2D eigenvalue weighted by atomic mass is 10.2. The Morgan fingerprint density at radius 2 is 2.10 bits per heavy atom. The summed E-state index contributed by atoms with van der Waals surface area (Å²) < 4.78 is 5.97. The second-order valence-electron chi connectivity index (χ2n) is 4.47. The van der Waals surface area contributed by atoms with Crippen molar-refractivity contribution < 1.29 is 4.52 Å². The van der Waals surface area contributed by atoms with E-state index in [1.54, 1.807) is 6.20 Å². The van der Waals surface area contributed by atoms with Gasteiger partial charge >= 0.3 is 0 Å². The van der Waals surface area contributed by atoms with E-state index < -0.39 is 0 Å². The highest BCUT2D eigenvalue weighted by Gasteiger charge is 2.10. The minimum atomic E-state index is 0.615. The molecule has 0 unspecified atom stereocenters. The van der Waals surface area contributed by atoms with Gasteiger partial charge in [-0.1, -0.05) is 12.1 Å². The summed E-state index contributed by atoms with van der Waals surface area (Å²) in [5.74, 6) is 2.19. The van der Waals surface area contributed by atoms with Crippen LogP contribution in [0.4, 0.5) is 11.8 Å². The smallest absolute Gasteiger partial charge is 0.224 e. The van der Waals surface area contributed by atoms with Gasteiger partial charge in [0.15, 0.2) is 0 Å². The van der Waals surface area contributed by atoms with Crippen LogP contribution in [-0.2, 0) is 6.54 Å². The first-order chi connectivity index (χ1) is 9.61. The van der Waals surface area contributed by atoms with Crippen LogP contribution in [0, 0.1) is 13.8 Å². The largest absolute Gasteiger partial charge is 0.365 e. The molecule has 0 atom stereocenters. The zero-order chi connectivity index (χ0) is 14.5. The van der Waals surface area contributed by atoms with Crippen molar-refractivity contribution in [2.75, 3.05) is 17.2 Å². The third-order valence-corrected chi connectivity index (χ3v) is 3.47. The molecule has 0 fully saturated rings. The molecule has 0 saturated carbocycles. The van der Waals surface area contributed by atoms with Gasteiger partial charge < -0.3 is 15.2 Å². The predicted molar refractivity (Wildman–Crippen MR) is 81.8 cm³/mol. The van der Waals surface area contributed by atoms with Crippen molar-refractivity contribution in [3.63, 3.8) is 0 Å². The monoisotopic (exact) mass is 339 g/mol. The molecule has 0 bridgehead atoms. The summed E-state index contributed by atoms with van der Waals surface area (Å²) >= 11 is 3.45. The van der Waals surface area contributed by atoms with Crippen LogP contribution >= 0.6 is 15.9 Å². The number of nitrogens with zero attached hydrogens (tertiary/aromatic N) is 3. The lowest BCUT2D eigenvalue weighted by molar-refractivity contribution is 0.392. The molecule has 20 heavy (non-hydrogen) atoms. The molecule has 6 nitrogen and oxygen atoms in total. The number of hydrogen-bond acceptors (Lipinski definition) is 6. The van der Waals surface area contributed by atoms with Crippen LogP contribution in [-0.4, -0.2) is 21.7 Å². The topological polar surface area (TPSA) is 75.9 Å². The molecule has 108 valence electrons. The van der Waals surface area contributed by atoms with Gasteiger partial charge in [0.05, 0.1) is 10.2 Å². The maximum atomic E-state index is 5.14. The van der Waals surface area contributed by atoms with E-state index in [0.29, 0.717) is 12.5 Å². The molecule has 0 aliphatic rings. The first kappa shape index (κ1) is 14.8. The normalized spacial score (nSPS) is 10.6.